The van der Waals surface area contributed by atoms with Crippen LogP contribution in [0, 0.1) is 11.6 Å². The first kappa shape index (κ1) is 11.9. The fraction of sp³-hybridized carbons (Fsp3) is 0.111. The summed E-state index contributed by atoms with van der Waals surface area (Å²) in [6, 6.07) is 0.751. The second-order valence-corrected chi connectivity index (χ2v) is 3.89. The molecule has 0 saturated carbocycles. The van der Waals surface area contributed by atoms with Crippen LogP contribution in [-0.4, -0.2) is 15.2 Å². The van der Waals surface area contributed by atoms with Gasteiger partial charge in [0.05, 0.1) is 16.6 Å². The van der Waals surface area contributed by atoms with E-state index in [1.54, 1.807) is 0 Å². The lowest BCUT2D eigenvalue weighted by atomic mass is 10.2. The number of phenols is 1. The molecule has 3 N–H and O–H groups in total. The van der Waals surface area contributed by atoms with E-state index in [2.05, 4.69) is 30.6 Å². The third kappa shape index (κ3) is 2.01. The van der Waals surface area contributed by atoms with Crippen molar-refractivity contribution in [3.63, 3.8) is 0 Å². The smallest absolute Gasteiger partial charge is 0.240 e. The molecule has 0 fully saturated rings. The third-order valence-corrected chi connectivity index (χ3v) is 2.76. The van der Waals surface area contributed by atoms with Crippen molar-refractivity contribution in [1.29, 1.82) is 0 Å². The summed E-state index contributed by atoms with van der Waals surface area (Å²) in [4.78, 5) is 3.71. The van der Waals surface area contributed by atoms with E-state index in [4.69, 9.17) is 5.73 Å². The minimum absolute atomic E-state index is 0.0323. The monoisotopic (exact) mass is 305 g/mol. The van der Waals surface area contributed by atoms with Crippen LogP contribution < -0.4 is 5.73 Å². The van der Waals surface area contributed by atoms with E-state index in [-0.39, 0.29) is 22.7 Å². The lowest BCUT2D eigenvalue weighted by molar-refractivity contribution is 0.380. The second kappa shape index (κ2) is 4.38. The molecule has 5 nitrogen and oxygen atoms in total. The SMILES string of the molecule is NCc1nc(-c2c(F)cc(O)c(Br)c2F)no1. The van der Waals surface area contributed by atoms with Gasteiger partial charge in [-0.1, -0.05) is 5.16 Å². The summed E-state index contributed by atoms with van der Waals surface area (Å²) in [6.45, 7) is -0.0323. The van der Waals surface area contributed by atoms with Crippen LogP contribution in [0.15, 0.2) is 15.1 Å². The first-order valence-corrected chi connectivity index (χ1v) is 5.23. The van der Waals surface area contributed by atoms with Gasteiger partial charge >= 0.3 is 0 Å². The molecular formula is C9H6BrF2N3O2. The maximum atomic E-state index is 13.7. The van der Waals surface area contributed by atoms with Crippen molar-refractivity contribution < 1.29 is 18.4 Å². The van der Waals surface area contributed by atoms with Gasteiger partial charge in [0, 0.05) is 6.07 Å². The molecule has 1 heterocycles. The maximum absolute atomic E-state index is 13.7. The number of aromatic hydroxyl groups is 1. The van der Waals surface area contributed by atoms with Gasteiger partial charge in [0.1, 0.15) is 11.6 Å². The molecule has 0 aliphatic rings. The quantitative estimate of drug-likeness (QED) is 0.828. The molecule has 2 rings (SSSR count). The van der Waals surface area contributed by atoms with Crippen LogP contribution in [0.4, 0.5) is 8.78 Å². The van der Waals surface area contributed by atoms with Gasteiger partial charge in [-0.15, -0.1) is 0 Å². The zero-order chi connectivity index (χ0) is 12.6. The van der Waals surface area contributed by atoms with E-state index in [1.807, 2.05) is 0 Å². The van der Waals surface area contributed by atoms with Crippen LogP contribution >= 0.6 is 15.9 Å². The van der Waals surface area contributed by atoms with Gasteiger partial charge in [-0.2, -0.15) is 4.98 Å². The Bertz CT molecular complexity index is 574. The Balaban J connectivity index is 2.62. The van der Waals surface area contributed by atoms with Crippen molar-refractivity contribution in [2.45, 2.75) is 6.54 Å². The summed E-state index contributed by atoms with van der Waals surface area (Å²) < 4.78 is 31.6. The van der Waals surface area contributed by atoms with Crippen molar-refractivity contribution in [3.8, 4) is 17.1 Å². The molecule has 0 bridgehead atoms. The molecule has 0 spiro atoms. The highest BCUT2D eigenvalue weighted by Crippen LogP contribution is 2.35. The van der Waals surface area contributed by atoms with Crippen LogP contribution in [0.3, 0.4) is 0 Å². The summed E-state index contributed by atoms with van der Waals surface area (Å²) >= 11 is 2.78. The number of rotatable bonds is 2. The highest BCUT2D eigenvalue weighted by Gasteiger charge is 2.22. The highest BCUT2D eigenvalue weighted by atomic mass is 79.9. The largest absolute Gasteiger partial charge is 0.507 e. The zero-order valence-corrected chi connectivity index (χ0v) is 9.83. The number of nitrogens with two attached hydrogens (primary N) is 1. The van der Waals surface area contributed by atoms with E-state index in [0.29, 0.717) is 0 Å². The van der Waals surface area contributed by atoms with E-state index in [1.165, 1.54) is 0 Å². The summed E-state index contributed by atoms with van der Waals surface area (Å²) in [6.07, 6.45) is 0. The number of hydrogen-bond acceptors (Lipinski definition) is 5. The summed E-state index contributed by atoms with van der Waals surface area (Å²) in [5, 5.41) is 12.6. The van der Waals surface area contributed by atoms with Gasteiger partial charge in [-0.25, -0.2) is 8.78 Å². The first-order chi connectivity index (χ1) is 8.04. The third-order valence-electron chi connectivity index (χ3n) is 2.01. The van der Waals surface area contributed by atoms with Crippen molar-refractivity contribution in [2.75, 3.05) is 0 Å². The number of halogens is 3. The summed E-state index contributed by atoms with van der Waals surface area (Å²) in [7, 11) is 0. The van der Waals surface area contributed by atoms with Gasteiger partial charge in [-0.05, 0) is 15.9 Å². The number of aromatic nitrogens is 2. The van der Waals surface area contributed by atoms with Gasteiger partial charge in [0.25, 0.3) is 0 Å². The van der Waals surface area contributed by atoms with Crippen molar-refractivity contribution >= 4 is 15.9 Å². The van der Waals surface area contributed by atoms with Gasteiger partial charge in [0.2, 0.25) is 11.7 Å². The maximum Gasteiger partial charge on any atom is 0.240 e. The van der Waals surface area contributed by atoms with Crippen molar-refractivity contribution in [3.05, 3.63) is 28.1 Å². The lowest BCUT2D eigenvalue weighted by Crippen LogP contribution is -1.97. The molecule has 0 radical (unpaired) electrons. The average molecular weight is 306 g/mol. The van der Waals surface area contributed by atoms with Crippen LogP contribution in [0.2, 0.25) is 0 Å². The minimum Gasteiger partial charge on any atom is -0.507 e. The van der Waals surface area contributed by atoms with Crippen molar-refractivity contribution in [2.24, 2.45) is 5.73 Å². The molecule has 0 aliphatic carbocycles. The molecule has 1 aromatic carbocycles. The standard InChI is InChI=1S/C9H6BrF2N3O2/c10-7-4(16)1-3(11)6(8(7)12)9-14-5(2-13)17-15-9/h1,16H,2,13H2. The molecule has 0 unspecified atom stereocenters. The Kier molecular flexibility index (Phi) is 3.07. The molecule has 1 aromatic heterocycles. The molecule has 8 heteroatoms. The predicted molar refractivity (Wildman–Crippen MR) is 56.9 cm³/mol. The van der Waals surface area contributed by atoms with Gasteiger partial charge in [-0.3, -0.25) is 0 Å². The number of nitrogens with zero attached hydrogens (tertiary/aromatic N) is 2. The first-order valence-electron chi connectivity index (χ1n) is 4.44. The van der Waals surface area contributed by atoms with E-state index >= 15 is 0 Å². The lowest BCUT2D eigenvalue weighted by Gasteiger charge is -2.04. The summed E-state index contributed by atoms with van der Waals surface area (Å²) in [5.74, 6) is -2.75. The van der Waals surface area contributed by atoms with E-state index < -0.39 is 22.9 Å². The Morgan fingerprint density at radius 3 is 2.76 bits per heavy atom. The van der Waals surface area contributed by atoms with E-state index in [9.17, 15) is 13.9 Å². The fourth-order valence-corrected chi connectivity index (χ4v) is 1.54. The van der Waals surface area contributed by atoms with E-state index in [0.717, 1.165) is 6.07 Å². The Labute approximate surface area is 102 Å². The molecule has 0 atom stereocenters. The molecule has 0 amide bonds. The fourth-order valence-electron chi connectivity index (χ4n) is 1.23. The molecule has 2 aromatic rings. The Morgan fingerprint density at radius 2 is 2.18 bits per heavy atom. The molecule has 17 heavy (non-hydrogen) atoms. The topological polar surface area (TPSA) is 85.2 Å². The molecule has 90 valence electrons. The highest BCUT2D eigenvalue weighted by molar-refractivity contribution is 9.10. The molecule has 0 saturated heterocycles. The van der Waals surface area contributed by atoms with Gasteiger partial charge in [0.15, 0.2) is 5.82 Å². The number of hydrogen-bond donors (Lipinski definition) is 2. The van der Waals surface area contributed by atoms with Crippen LogP contribution in [0.1, 0.15) is 5.89 Å². The second-order valence-electron chi connectivity index (χ2n) is 3.10. The molecule has 0 aliphatic heterocycles. The Morgan fingerprint density at radius 1 is 1.47 bits per heavy atom. The normalized spacial score (nSPS) is 10.8. The van der Waals surface area contributed by atoms with Crippen LogP contribution in [0.25, 0.3) is 11.4 Å². The summed E-state index contributed by atoms with van der Waals surface area (Å²) in [5.41, 5.74) is 4.75. The molecular weight excluding hydrogens is 300 g/mol. The number of phenolic OH excluding ortho intramolecular Hbond substituents is 1. The number of benzene rings is 1. The predicted octanol–water partition coefficient (Wildman–Crippen LogP) is 1.94. The van der Waals surface area contributed by atoms with Crippen LogP contribution in [-0.2, 0) is 6.54 Å². The average Bonchev–Trinajstić information content (AvgIpc) is 2.74. The Hall–Kier alpha value is -1.54. The zero-order valence-electron chi connectivity index (χ0n) is 8.25. The van der Waals surface area contributed by atoms with Crippen molar-refractivity contribution in [1.82, 2.24) is 10.1 Å². The minimum atomic E-state index is -1.01. The van der Waals surface area contributed by atoms with Crippen LogP contribution in [0.5, 0.6) is 5.75 Å². The van der Waals surface area contributed by atoms with Gasteiger partial charge < -0.3 is 15.4 Å².